The lowest BCUT2D eigenvalue weighted by Gasteiger charge is -2.01. The summed E-state index contributed by atoms with van der Waals surface area (Å²) in [5.41, 5.74) is 0.901. The fourth-order valence-corrected chi connectivity index (χ4v) is 1.53. The molecule has 0 unspecified atom stereocenters. The smallest absolute Gasteiger partial charge is 0.258 e. The third-order valence-corrected chi connectivity index (χ3v) is 2.25. The van der Waals surface area contributed by atoms with Crippen LogP contribution in [0.2, 0.25) is 5.02 Å². The molecule has 0 saturated carbocycles. The molecule has 0 bridgehead atoms. The molecule has 15 heavy (non-hydrogen) atoms. The summed E-state index contributed by atoms with van der Waals surface area (Å²) in [4.78, 5) is 22.2. The molecule has 0 atom stereocenters. The van der Waals surface area contributed by atoms with E-state index < -0.39 is 11.8 Å². The van der Waals surface area contributed by atoms with Crippen molar-refractivity contribution in [1.82, 2.24) is 11.5 Å². The van der Waals surface area contributed by atoms with Gasteiger partial charge in [0.1, 0.15) is 0 Å². The van der Waals surface area contributed by atoms with Crippen molar-refractivity contribution in [3.8, 4) is 0 Å². The molecule has 1 aliphatic heterocycles. The number of carbonyl (C=O) groups is 2. The molecule has 4 N–H and O–H groups in total. The fourth-order valence-electron chi connectivity index (χ4n) is 1.29. The lowest BCUT2D eigenvalue weighted by atomic mass is 10.1. The molecule has 78 valence electrons. The highest BCUT2D eigenvalue weighted by Gasteiger charge is 2.23. The normalized spacial score (nSPS) is 14.3. The number of rotatable bonds is 1. The Hall–Kier alpha value is -1.65. The monoisotopic (exact) mass is 224 g/mol. The van der Waals surface area contributed by atoms with E-state index in [1.807, 2.05) is 0 Å². The molecule has 0 saturated heterocycles. The first-order valence-electron chi connectivity index (χ1n) is 4.00. The van der Waals surface area contributed by atoms with Crippen LogP contribution in [0.5, 0.6) is 0 Å². The van der Waals surface area contributed by atoms with Gasteiger partial charge in [0.05, 0.1) is 5.57 Å². The van der Waals surface area contributed by atoms with Gasteiger partial charge in [0, 0.05) is 16.7 Å². The van der Waals surface area contributed by atoms with Gasteiger partial charge in [-0.1, -0.05) is 29.8 Å². The number of imide groups is 1. The lowest BCUT2D eigenvalue weighted by Crippen LogP contribution is -2.21. The Balaban J connectivity index is 0.00000112. The molecule has 2 amide bonds. The van der Waals surface area contributed by atoms with Gasteiger partial charge >= 0.3 is 0 Å². The van der Waals surface area contributed by atoms with Gasteiger partial charge in [-0.05, 0) is 6.07 Å². The van der Waals surface area contributed by atoms with Crippen LogP contribution in [0.1, 0.15) is 5.56 Å². The average molecular weight is 225 g/mol. The van der Waals surface area contributed by atoms with Gasteiger partial charge in [-0.25, -0.2) is 0 Å². The molecule has 2 rings (SSSR count). The molecular weight excluding hydrogens is 216 g/mol. The molecule has 5 heteroatoms. The summed E-state index contributed by atoms with van der Waals surface area (Å²) in [5, 5.41) is 2.63. The number of hydrogen-bond donors (Lipinski definition) is 2. The number of carbonyl (C=O) groups excluding carboxylic acids is 2. The summed E-state index contributed by atoms with van der Waals surface area (Å²) in [7, 11) is 0. The molecule has 1 aliphatic rings. The van der Waals surface area contributed by atoms with E-state index in [0.29, 0.717) is 16.2 Å². The van der Waals surface area contributed by atoms with Gasteiger partial charge in [-0.3, -0.25) is 14.9 Å². The minimum absolute atomic E-state index is 0. The van der Waals surface area contributed by atoms with Gasteiger partial charge in [-0.15, -0.1) is 0 Å². The lowest BCUT2D eigenvalue weighted by molar-refractivity contribution is -0.123. The van der Waals surface area contributed by atoms with E-state index in [4.69, 9.17) is 11.6 Å². The van der Waals surface area contributed by atoms with Gasteiger partial charge in [0.25, 0.3) is 11.8 Å². The predicted octanol–water partition coefficient (Wildman–Crippen LogP) is 1.54. The fraction of sp³-hybridized carbons (Fsp3) is 0. The summed E-state index contributed by atoms with van der Waals surface area (Å²) in [5.74, 6) is -0.798. The number of halogens is 1. The molecule has 0 aliphatic carbocycles. The minimum atomic E-state index is -0.400. The second-order valence-electron chi connectivity index (χ2n) is 2.86. The van der Waals surface area contributed by atoms with Crippen LogP contribution >= 0.6 is 11.6 Å². The Morgan fingerprint density at radius 1 is 1.13 bits per heavy atom. The highest BCUT2D eigenvalue weighted by Crippen LogP contribution is 2.25. The first kappa shape index (κ1) is 11.4. The van der Waals surface area contributed by atoms with Gasteiger partial charge in [0.15, 0.2) is 0 Å². The zero-order chi connectivity index (χ0) is 10.1. The summed E-state index contributed by atoms with van der Waals surface area (Å²) >= 11 is 5.89. The van der Waals surface area contributed by atoms with E-state index in [-0.39, 0.29) is 6.15 Å². The predicted molar refractivity (Wildman–Crippen MR) is 57.6 cm³/mol. The van der Waals surface area contributed by atoms with E-state index in [9.17, 15) is 9.59 Å². The van der Waals surface area contributed by atoms with Gasteiger partial charge < -0.3 is 6.15 Å². The van der Waals surface area contributed by atoms with Crippen LogP contribution in [-0.2, 0) is 9.59 Å². The zero-order valence-corrected chi connectivity index (χ0v) is 8.54. The van der Waals surface area contributed by atoms with Crippen LogP contribution in [0, 0.1) is 0 Å². The topological polar surface area (TPSA) is 81.2 Å². The van der Waals surface area contributed by atoms with Crippen molar-refractivity contribution in [2.75, 3.05) is 0 Å². The maximum absolute atomic E-state index is 11.3. The third kappa shape index (κ3) is 2.06. The van der Waals surface area contributed by atoms with Crippen LogP contribution < -0.4 is 11.5 Å². The minimum Gasteiger partial charge on any atom is -0.344 e. The van der Waals surface area contributed by atoms with E-state index in [2.05, 4.69) is 5.32 Å². The molecule has 1 heterocycles. The standard InChI is InChI=1S/C10H6ClNO2.H3N/c11-8-4-2-1-3-6(8)7-5-9(13)12-10(7)14;/h1-5H,(H,12,13,14);1H3. The van der Waals surface area contributed by atoms with Crippen LogP contribution in [0.15, 0.2) is 30.3 Å². The highest BCUT2D eigenvalue weighted by molar-refractivity contribution is 6.39. The van der Waals surface area contributed by atoms with Crippen molar-refractivity contribution in [1.29, 1.82) is 0 Å². The van der Waals surface area contributed by atoms with E-state index >= 15 is 0 Å². The van der Waals surface area contributed by atoms with Gasteiger partial charge in [0.2, 0.25) is 0 Å². The Kier molecular flexibility index (Phi) is 3.24. The van der Waals surface area contributed by atoms with Crippen molar-refractivity contribution in [2.45, 2.75) is 0 Å². The number of nitrogens with one attached hydrogen (secondary N) is 1. The van der Waals surface area contributed by atoms with E-state index in [1.165, 1.54) is 6.08 Å². The summed E-state index contributed by atoms with van der Waals surface area (Å²) in [6.45, 7) is 0. The summed E-state index contributed by atoms with van der Waals surface area (Å²) < 4.78 is 0. The van der Waals surface area contributed by atoms with E-state index in [0.717, 1.165) is 0 Å². The largest absolute Gasteiger partial charge is 0.344 e. The molecule has 1 aromatic carbocycles. The van der Waals surface area contributed by atoms with E-state index in [1.54, 1.807) is 24.3 Å². The Bertz CT molecular complexity index is 454. The van der Waals surface area contributed by atoms with Crippen LogP contribution in [0.4, 0.5) is 0 Å². The summed E-state index contributed by atoms with van der Waals surface area (Å²) in [6, 6.07) is 6.90. The summed E-state index contributed by atoms with van der Waals surface area (Å²) in [6.07, 6.45) is 1.25. The molecule has 0 radical (unpaired) electrons. The van der Waals surface area contributed by atoms with Crippen molar-refractivity contribution < 1.29 is 9.59 Å². The maximum atomic E-state index is 11.3. The second kappa shape index (κ2) is 4.25. The Labute approximate surface area is 91.5 Å². The number of hydrogen-bond acceptors (Lipinski definition) is 3. The highest BCUT2D eigenvalue weighted by atomic mass is 35.5. The van der Waals surface area contributed by atoms with Crippen LogP contribution in [0.3, 0.4) is 0 Å². The van der Waals surface area contributed by atoms with Crippen molar-refractivity contribution in [2.24, 2.45) is 0 Å². The Morgan fingerprint density at radius 3 is 2.33 bits per heavy atom. The van der Waals surface area contributed by atoms with Crippen LogP contribution in [-0.4, -0.2) is 11.8 Å². The maximum Gasteiger partial charge on any atom is 0.258 e. The number of benzene rings is 1. The van der Waals surface area contributed by atoms with Crippen molar-refractivity contribution in [3.05, 3.63) is 40.9 Å². The molecule has 0 fully saturated rings. The molecule has 4 nitrogen and oxygen atoms in total. The molecule has 0 spiro atoms. The van der Waals surface area contributed by atoms with Crippen molar-refractivity contribution in [3.63, 3.8) is 0 Å². The molecule has 1 aromatic rings. The SMILES string of the molecule is N.O=C1C=C(c2ccccc2Cl)C(=O)N1. The first-order chi connectivity index (χ1) is 6.68. The van der Waals surface area contributed by atoms with Crippen molar-refractivity contribution >= 4 is 29.0 Å². The quantitative estimate of drug-likeness (QED) is 0.710. The Morgan fingerprint density at radius 2 is 1.80 bits per heavy atom. The van der Waals surface area contributed by atoms with Crippen LogP contribution in [0.25, 0.3) is 5.57 Å². The second-order valence-corrected chi connectivity index (χ2v) is 3.26. The molecule has 0 aromatic heterocycles. The average Bonchev–Trinajstić information content (AvgIpc) is 2.46. The third-order valence-electron chi connectivity index (χ3n) is 1.92. The zero-order valence-electron chi connectivity index (χ0n) is 7.79. The number of amides is 2. The van der Waals surface area contributed by atoms with Gasteiger partial charge in [-0.2, -0.15) is 0 Å². The molecular formula is C10H9ClN2O2. The first-order valence-corrected chi connectivity index (χ1v) is 4.38.